The maximum absolute atomic E-state index is 11.5. The number of carbonyl (C=O) groups is 1. The molecule has 1 aromatic rings. The van der Waals surface area contributed by atoms with Crippen molar-refractivity contribution in [1.82, 2.24) is 10.3 Å². The maximum atomic E-state index is 11.5. The molecule has 0 spiro atoms. The summed E-state index contributed by atoms with van der Waals surface area (Å²) in [4.78, 5) is 15.5. The lowest BCUT2D eigenvalue weighted by atomic mass is 10.2. The number of thiazole rings is 1. The van der Waals surface area contributed by atoms with E-state index in [4.69, 9.17) is 0 Å². The average molecular weight is 250 g/mol. The van der Waals surface area contributed by atoms with Crippen molar-refractivity contribution in [1.29, 1.82) is 0 Å². The van der Waals surface area contributed by atoms with Crippen LogP contribution >= 0.6 is 23.7 Å². The Hall–Kier alpha value is -0.690. The molecule has 1 amide bonds. The number of aliphatic hydroxyl groups excluding tert-OH is 1. The van der Waals surface area contributed by atoms with Crippen LogP contribution in [0.4, 0.5) is 5.13 Å². The number of β-amino-alcohol motifs (C(OH)–C–C–N with tert-alkyl or cyclic N) is 1. The van der Waals surface area contributed by atoms with Crippen molar-refractivity contribution < 1.29 is 9.90 Å². The Bertz CT molecular complexity index is 320. The lowest BCUT2D eigenvalue weighted by Crippen LogP contribution is -2.35. The highest BCUT2D eigenvalue weighted by Gasteiger charge is 2.28. The van der Waals surface area contributed by atoms with Crippen molar-refractivity contribution in [2.75, 3.05) is 11.9 Å². The number of rotatable bonds is 2. The Morgan fingerprint density at radius 3 is 3.07 bits per heavy atom. The molecule has 1 aliphatic rings. The van der Waals surface area contributed by atoms with Crippen LogP contribution < -0.4 is 10.6 Å². The normalized spacial score (nSPS) is 24.6. The molecular weight excluding hydrogens is 238 g/mol. The van der Waals surface area contributed by atoms with E-state index in [9.17, 15) is 9.90 Å². The van der Waals surface area contributed by atoms with Crippen molar-refractivity contribution in [2.24, 2.45) is 0 Å². The summed E-state index contributed by atoms with van der Waals surface area (Å²) >= 11 is 1.38. The monoisotopic (exact) mass is 249 g/mol. The fraction of sp³-hybridized carbons (Fsp3) is 0.500. The molecule has 1 saturated heterocycles. The van der Waals surface area contributed by atoms with Crippen LogP contribution in [0.5, 0.6) is 0 Å². The van der Waals surface area contributed by atoms with Crippen LogP contribution in [-0.4, -0.2) is 34.7 Å². The first-order chi connectivity index (χ1) is 6.75. The van der Waals surface area contributed by atoms with E-state index < -0.39 is 6.10 Å². The fourth-order valence-electron chi connectivity index (χ4n) is 1.39. The molecule has 0 aromatic carbocycles. The van der Waals surface area contributed by atoms with E-state index in [1.807, 2.05) is 0 Å². The standard InChI is InChI=1S/C8H11N3O2S.ClH/c12-5-3-6(10-4-5)7(13)11-8-9-1-2-14-8;/h1-2,5-6,10,12H,3-4H2,(H,9,11,13);1H/t5-,6+;/m0./s1. The van der Waals surface area contributed by atoms with Gasteiger partial charge < -0.3 is 15.7 Å². The van der Waals surface area contributed by atoms with E-state index in [0.717, 1.165) is 0 Å². The number of nitrogens with zero attached hydrogens (tertiary/aromatic N) is 1. The molecule has 1 aliphatic heterocycles. The third kappa shape index (κ3) is 3.13. The molecule has 3 N–H and O–H groups in total. The van der Waals surface area contributed by atoms with Gasteiger partial charge in [0.1, 0.15) is 0 Å². The Labute approximate surface area is 97.3 Å². The number of nitrogens with one attached hydrogen (secondary N) is 2. The molecular formula is C8H12ClN3O2S. The van der Waals surface area contributed by atoms with Gasteiger partial charge >= 0.3 is 0 Å². The lowest BCUT2D eigenvalue weighted by Gasteiger charge is -2.08. The average Bonchev–Trinajstić information content (AvgIpc) is 2.75. The zero-order chi connectivity index (χ0) is 9.97. The second-order valence-electron chi connectivity index (χ2n) is 3.18. The summed E-state index contributed by atoms with van der Waals surface area (Å²) in [7, 11) is 0. The quantitative estimate of drug-likeness (QED) is 0.701. The minimum Gasteiger partial charge on any atom is -0.392 e. The van der Waals surface area contributed by atoms with Crippen molar-refractivity contribution >= 4 is 34.8 Å². The topological polar surface area (TPSA) is 74.2 Å². The Kier molecular flexibility index (Phi) is 4.46. The highest BCUT2D eigenvalue weighted by Crippen LogP contribution is 2.13. The molecule has 1 aromatic heterocycles. The summed E-state index contributed by atoms with van der Waals surface area (Å²) in [6, 6.07) is -0.297. The molecule has 0 unspecified atom stereocenters. The second kappa shape index (κ2) is 5.41. The first kappa shape index (κ1) is 12.4. The summed E-state index contributed by atoms with van der Waals surface area (Å²) in [5.41, 5.74) is 0. The van der Waals surface area contributed by atoms with Crippen LogP contribution in [0.15, 0.2) is 11.6 Å². The molecule has 15 heavy (non-hydrogen) atoms. The number of hydrogen-bond acceptors (Lipinski definition) is 5. The number of aromatic nitrogens is 1. The second-order valence-corrected chi connectivity index (χ2v) is 4.07. The summed E-state index contributed by atoms with van der Waals surface area (Å²) < 4.78 is 0. The van der Waals surface area contributed by atoms with Gasteiger partial charge in [-0.3, -0.25) is 4.79 Å². The molecule has 1 fully saturated rings. The van der Waals surface area contributed by atoms with Gasteiger partial charge in [0.2, 0.25) is 5.91 Å². The van der Waals surface area contributed by atoms with E-state index in [1.54, 1.807) is 11.6 Å². The first-order valence-electron chi connectivity index (χ1n) is 4.37. The van der Waals surface area contributed by atoms with E-state index in [0.29, 0.717) is 18.1 Å². The van der Waals surface area contributed by atoms with Gasteiger partial charge in [-0.25, -0.2) is 4.98 Å². The zero-order valence-corrected chi connectivity index (χ0v) is 9.48. The molecule has 2 rings (SSSR count). The van der Waals surface area contributed by atoms with Gasteiger partial charge in [0, 0.05) is 18.1 Å². The summed E-state index contributed by atoms with van der Waals surface area (Å²) in [6.45, 7) is 0.482. The highest BCUT2D eigenvalue weighted by atomic mass is 35.5. The van der Waals surface area contributed by atoms with E-state index >= 15 is 0 Å². The number of hydrogen-bond donors (Lipinski definition) is 3. The number of aliphatic hydroxyl groups is 1. The summed E-state index contributed by atoms with van der Waals surface area (Å²) in [5.74, 6) is -0.128. The Morgan fingerprint density at radius 2 is 2.53 bits per heavy atom. The molecule has 2 atom stereocenters. The number of carbonyl (C=O) groups excluding carboxylic acids is 1. The maximum Gasteiger partial charge on any atom is 0.243 e. The summed E-state index contributed by atoms with van der Waals surface area (Å²) in [6.07, 6.45) is 1.69. The van der Waals surface area contributed by atoms with Gasteiger partial charge in [-0.2, -0.15) is 0 Å². The van der Waals surface area contributed by atoms with Crippen molar-refractivity contribution in [3.8, 4) is 0 Å². The van der Waals surface area contributed by atoms with Crippen molar-refractivity contribution in [3.05, 3.63) is 11.6 Å². The summed E-state index contributed by atoms with van der Waals surface area (Å²) in [5, 5.41) is 17.2. The largest absolute Gasteiger partial charge is 0.392 e. The molecule has 0 radical (unpaired) electrons. The third-order valence-corrected chi connectivity index (χ3v) is 2.78. The Balaban J connectivity index is 0.00000112. The van der Waals surface area contributed by atoms with Crippen LogP contribution in [-0.2, 0) is 4.79 Å². The molecule has 0 saturated carbocycles. The smallest absolute Gasteiger partial charge is 0.243 e. The minimum absolute atomic E-state index is 0. The van der Waals surface area contributed by atoms with Gasteiger partial charge in [-0.05, 0) is 6.42 Å². The number of amides is 1. The number of anilines is 1. The predicted molar refractivity (Wildman–Crippen MR) is 60.4 cm³/mol. The van der Waals surface area contributed by atoms with Crippen LogP contribution in [0.1, 0.15) is 6.42 Å². The first-order valence-corrected chi connectivity index (χ1v) is 5.25. The van der Waals surface area contributed by atoms with Crippen LogP contribution in [0.3, 0.4) is 0 Å². The van der Waals surface area contributed by atoms with Gasteiger partial charge in [0.15, 0.2) is 5.13 Å². The van der Waals surface area contributed by atoms with Crippen molar-refractivity contribution in [3.63, 3.8) is 0 Å². The Morgan fingerprint density at radius 1 is 1.73 bits per heavy atom. The molecule has 7 heteroatoms. The molecule has 0 aliphatic carbocycles. The van der Waals surface area contributed by atoms with E-state index in [-0.39, 0.29) is 24.4 Å². The molecule has 2 heterocycles. The number of halogens is 1. The van der Waals surface area contributed by atoms with E-state index in [1.165, 1.54) is 11.3 Å². The van der Waals surface area contributed by atoms with Crippen molar-refractivity contribution in [2.45, 2.75) is 18.6 Å². The van der Waals surface area contributed by atoms with Gasteiger partial charge in [-0.1, -0.05) is 0 Å². The predicted octanol–water partition coefficient (Wildman–Crippen LogP) is 0.226. The van der Waals surface area contributed by atoms with Crippen LogP contribution in [0.2, 0.25) is 0 Å². The van der Waals surface area contributed by atoms with Gasteiger partial charge in [0.05, 0.1) is 12.1 Å². The molecule has 84 valence electrons. The van der Waals surface area contributed by atoms with Crippen LogP contribution in [0, 0.1) is 0 Å². The van der Waals surface area contributed by atoms with Gasteiger partial charge in [-0.15, -0.1) is 23.7 Å². The molecule has 5 nitrogen and oxygen atoms in total. The highest BCUT2D eigenvalue weighted by molar-refractivity contribution is 7.13. The zero-order valence-electron chi connectivity index (χ0n) is 7.84. The van der Waals surface area contributed by atoms with E-state index in [2.05, 4.69) is 15.6 Å². The lowest BCUT2D eigenvalue weighted by molar-refractivity contribution is -0.117. The van der Waals surface area contributed by atoms with Crippen LogP contribution in [0.25, 0.3) is 0 Å². The minimum atomic E-state index is -0.415. The third-order valence-electron chi connectivity index (χ3n) is 2.09. The molecule has 0 bridgehead atoms. The SMILES string of the molecule is Cl.O=C(Nc1nccs1)[C@H]1C[C@H](O)CN1. The fourth-order valence-corrected chi connectivity index (χ4v) is 1.93. The van der Waals surface area contributed by atoms with Gasteiger partial charge in [0.25, 0.3) is 0 Å².